The van der Waals surface area contributed by atoms with Crippen LogP contribution in [0.2, 0.25) is 49.2 Å². The van der Waals surface area contributed by atoms with Crippen LogP contribution in [-0.4, -0.2) is 38.2 Å². The van der Waals surface area contributed by atoms with Crippen LogP contribution in [0.25, 0.3) is 0 Å². The van der Waals surface area contributed by atoms with Crippen LogP contribution in [0.4, 0.5) is 0 Å². The summed E-state index contributed by atoms with van der Waals surface area (Å²) in [6, 6.07) is 0. The molecule has 0 atom stereocenters. The Hall–Kier alpha value is 1.10. The third-order valence-electron chi connectivity index (χ3n) is 2.00. The third kappa shape index (κ3) is 3.87. The Morgan fingerprint density at radius 3 is 1.00 bits per heavy atom. The van der Waals surface area contributed by atoms with Crippen molar-refractivity contribution in [1.82, 2.24) is 0 Å². The van der Waals surface area contributed by atoms with Crippen LogP contribution >= 0.6 is 0 Å². The van der Waals surface area contributed by atoms with Crippen molar-refractivity contribution in [2.75, 3.05) is 0 Å². The Morgan fingerprint density at radius 2 is 1.00 bits per heavy atom. The van der Waals surface area contributed by atoms with Gasteiger partial charge in [-0.15, -0.1) is 0 Å². The molecule has 0 aromatic carbocycles. The fourth-order valence-electron chi connectivity index (χ4n) is 2.62. The average Bonchev–Trinajstić information content (AvgIpc) is 1.49. The number of rotatable bonds is 2. The fourth-order valence-corrected chi connectivity index (χ4v) is 40.3. The summed E-state index contributed by atoms with van der Waals surface area (Å²) in [5.41, 5.74) is 0. The Labute approximate surface area is 87.0 Å². The van der Waals surface area contributed by atoms with E-state index in [-0.39, 0.29) is 0 Å². The molecule has 0 heterocycles. The molecule has 0 N–H and O–H groups in total. The Kier molecular flexibility index (Phi) is 4.46. The normalized spacial score (nSPS) is 13.0. The minimum absolute atomic E-state index is 0.919. The van der Waals surface area contributed by atoms with Crippen LogP contribution in [-0.2, 0) is 0 Å². The van der Waals surface area contributed by atoms with Crippen molar-refractivity contribution < 1.29 is 0 Å². The van der Waals surface area contributed by atoms with E-state index < -0.39 is 35.4 Å². The molecular formula is C9H24Si2Sn. The van der Waals surface area contributed by atoms with Crippen molar-refractivity contribution in [3.8, 4) is 0 Å². The van der Waals surface area contributed by atoms with Crippen LogP contribution in [0.1, 0.15) is 0 Å². The summed E-state index contributed by atoms with van der Waals surface area (Å²) in [4.78, 5) is 5.13. The zero-order valence-electron chi connectivity index (χ0n) is 10.0. The first-order valence-electron chi connectivity index (χ1n) is 4.75. The van der Waals surface area contributed by atoms with E-state index in [0.29, 0.717) is 0 Å². The van der Waals surface area contributed by atoms with Gasteiger partial charge in [-0.2, -0.15) is 0 Å². The van der Waals surface area contributed by atoms with Crippen molar-refractivity contribution in [3.05, 3.63) is 0 Å². The van der Waals surface area contributed by atoms with E-state index in [1.165, 1.54) is 0 Å². The summed E-state index contributed by atoms with van der Waals surface area (Å²) < 4.78 is 2.14. The molecule has 0 aromatic rings. The standard InChI is InChI=1S/C7H18Si2.2CH3.Sn/c1-8(2,3)7-9(4,5)6;;;/h1-6H3;2*1H3;. The van der Waals surface area contributed by atoms with Gasteiger partial charge in [0.05, 0.1) is 0 Å². The predicted octanol–water partition coefficient (Wildman–Crippen LogP) is 3.25. The quantitative estimate of drug-likeness (QED) is 0.687. The van der Waals surface area contributed by atoms with Gasteiger partial charge in [0.25, 0.3) is 0 Å². The topological polar surface area (TPSA) is 0 Å². The maximum atomic E-state index is 2.56. The molecular weight excluding hydrogens is 283 g/mol. The molecule has 0 nitrogen and oxygen atoms in total. The van der Waals surface area contributed by atoms with Crippen LogP contribution < -0.4 is 0 Å². The van der Waals surface area contributed by atoms with Crippen LogP contribution in [0.3, 0.4) is 0 Å². The minimum atomic E-state index is -1.04. The molecule has 0 bridgehead atoms. The van der Waals surface area contributed by atoms with Gasteiger partial charge in [0.1, 0.15) is 0 Å². The summed E-state index contributed by atoms with van der Waals surface area (Å²) in [6.45, 7) is 15.2. The van der Waals surface area contributed by atoms with Crippen LogP contribution in [0, 0.1) is 0 Å². The molecule has 0 aliphatic rings. The molecule has 72 valence electrons. The first-order valence-corrected chi connectivity index (χ1v) is 18.9. The second-order valence-electron chi connectivity index (χ2n) is 5.88. The average molecular weight is 307 g/mol. The first kappa shape index (κ1) is 13.1. The van der Waals surface area contributed by atoms with Gasteiger partial charge in [-0.05, 0) is 0 Å². The van der Waals surface area contributed by atoms with Gasteiger partial charge in [-0.1, -0.05) is 0 Å². The zero-order valence-corrected chi connectivity index (χ0v) is 14.9. The van der Waals surface area contributed by atoms with Crippen LogP contribution in [0.15, 0.2) is 0 Å². The summed E-state index contributed by atoms with van der Waals surface area (Å²) >= 11 is -1.04. The maximum absolute atomic E-state index is 2.56. The summed E-state index contributed by atoms with van der Waals surface area (Å²) in [5.74, 6) is 0. The molecule has 0 radical (unpaired) electrons. The van der Waals surface area contributed by atoms with E-state index in [1.54, 1.807) is 0 Å². The van der Waals surface area contributed by atoms with Gasteiger partial charge in [-0.25, -0.2) is 0 Å². The molecule has 3 heteroatoms. The summed E-state index contributed by atoms with van der Waals surface area (Å²) in [5, 5.41) is 0. The van der Waals surface area contributed by atoms with E-state index in [1.807, 2.05) is 0 Å². The predicted molar refractivity (Wildman–Crippen MR) is 69.2 cm³/mol. The first-order chi connectivity index (χ1) is 5.07. The van der Waals surface area contributed by atoms with E-state index in [0.717, 1.165) is 0 Å². The molecule has 0 spiro atoms. The number of hydrogen-bond donors (Lipinski definition) is 0. The molecule has 0 amide bonds. The van der Waals surface area contributed by atoms with Gasteiger partial charge in [0.2, 0.25) is 0 Å². The van der Waals surface area contributed by atoms with E-state index in [9.17, 15) is 0 Å². The fraction of sp³-hybridized carbons (Fsp3) is 0.889. The molecule has 0 saturated heterocycles. The summed E-state index contributed by atoms with van der Waals surface area (Å²) in [7, 11) is -1.84. The van der Waals surface area contributed by atoms with Crippen molar-refractivity contribution >= 4 is 38.2 Å². The SMILES string of the molecule is [CH3][Sn]([CH3])=[C]([Si](C)(C)C)[Si](C)(C)C. The van der Waals surface area contributed by atoms with Gasteiger partial charge < -0.3 is 0 Å². The van der Waals surface area contributed by atoms with Crippen molar-refractivity contribution in [1.29, 1.82) is 0 Å². The molecule has 0 aromatic heterocycles. The Morgan fingerprint density at radius 1 is 0.750 bits per heavy atom. The third-order valence-corrected chi connectivity index (χ3v) is 31.9. The van der Waals surface area contributed by atoms with Gasteiger partial charge in [0, 0.05) is 0 Å². The van der Waals surface area contributed by atoms with Crippen molar-refractivity contribution in [2.45, 2.75) is 49.2 Å². The van der Waals surface area contributed by atoms with Gasteiger partial charge >= 0.3 is 87.4 Å². The van der Waals surface area contributed by atoms with E-state index >= 15 is 0 Å². The monoisotopic (exact) mass is 308 g/mol. The zero-order chi connectivity index (χ0) is 10.2. The molecule has 0 fully saturated rings. The van der Waals surface area contributed by atoms with Gasteiger partial charge in [0.15, 0.2) is 0 Å². The molecule has 0 rings (SSSR count). The van der Waals surface area contributed by atoms with E-state index in [4.69, 9.17) is 0 Å². The molecule has 12 heavy (non-hydrogen) atoms. The molecule has 0 unspecified atom stereocenters. The van der Waals surface area contributed by atoms with Gasteiger partial charge in [-0.3, -0.25) is 0 Å². The second-order valence-corrected chi connectivity index (χ2v) is 26.4. The second kappa shape index (κ2) is 4.09. The number of hydrogen-bond acceptors (Lipinski definition) is 0. The van der Waals surface area contributed by atoms with Crippen molar-refractivity contribution in [3.63, 3.8) is 0 Å². The van der Waals surface area contributed by atoms with E-state index in [2.05, 4.69) is 51.9 Å². The molecule has 0 aliphatic carbocycles. The Bertz CT molecular complexity index is 174. The molecule has 0 aliphatic heterocycles. The molecule has 0 saturated carbocycles. The Balaban J connectivity index is 5.13. The van der Waals surface area contributed by atoms with Crippen molar-refractivity contribution in [2.24, 2.45) is 0 Å². The van der Waals surface area contributed by atoms with Crippen LogP contribution in [0.5, 0.6) is 0 Å². The summed E-state index contributed by atoms with van der Waals surface area (Å²) in [6.07, 6.45) is 0.